The van der Waals surface area contributed by atoms with Gasteiger partial charge in [0.25, 0.3) is 0 Å². The molecule has 0 aliphatic heterocycles. The van der Waals surface area contributed by atoms with Crippen LogP contribution in [-0.4, -0.2) is 4.98 Å². The standard InChI is InChI=1S/C18H19N3/c1-2-16(13-7-4-3-5-8-13)21-17-11-10-15(19)18-14(17)9-6-12-20-18/h3-12,16,21H,2,19H2,1H3. The van der Waals surface area contributed by atoms with Crippen LogP contribution in [0.25, 0.3) is 10.9 Å². The molecule has 3 nitrogen and oxygen atoms in total. The van der Waals surface area contributed by atoms with Crippen LogP contribution in [0.1, 0.15) is 24.9 Å². The maximum absolute atomic E-state index is 6.01. The molecule has 106 valence electrons. The van der Waals surface area contributed by atoms with Crippen molar-refractivity contribution >= 4 is 22.3 Å². The normalized spacial score (nSPS) is 12.2. The SMILES string of the molecule is CCC(Nc1ccc(N)c2ncccc12)c1ccccc1. The molecule has 2 aromatic carbocycles. The number of hydrogen-bond donors (Lipinski definition) is 2. The molecule has 0 radical (unpaired) electrons. The minimum absolute atomic E-state index is 0.276. The summed E-state index contributed by atoms with van der Waals surface area (Å²) in [4.78, 5) is 4.38. The van der Waals surface area contributed by atoms with Crippen LogP contribution in [0.5, 0.6) is 0 Å². The number of anilines is 2. The van der Waals surface area contributed by atoms with Crippen molar-refractivity contribution in [3.8, 4) is 0 Å². The van der Waals surface area contributed by atoms with Gasteiger partial charge in [-0.2, -0.15) is 0 Å². The molecule has 1 aromatic heterocycles. The molecule has 3 heteroatoms. The Balaban J connectivity index is 1.99. The lowest BCUT2D eigenvalue weighted by molar-refractivity contribution is 0.750. The van der Waals surface area contributed by atoms with Crippen LogP contribution < -0.4 is 11.1 Å². The first kappa shape index (κ1) is 13.4. The summed E-state index contributed by atoms with van der Waals surface area (Å²) in [6.07, 6.45) is 2.78. The second kappa shape index (κ2) is 5.83. The highest BCUT2D eigenvalue weighted by Gasteiger charge is 2.11. The Bertz CT molecular complexity index is 738. The number of nitrogen functional groups attached to an aromatic ring is 1. The summed E-state index contributed by atoms with van der Waals surface area (Å²) >= 11 is 0. The summed E-state index contributed by atoms with van der Waals surface area (Å²) in [7, 11) is 0. The van der Waals surface area contributed by atoms with E-state index in [1.807, 2.05) is 24.3 Å². The Morgan fingerprint density at radius 2 is 1.86 bits per heavy atom. The topological polar surface area (TPSA) is 50.9 Å². The van der Waals surface area contributed by atoms with Gasteiger partial charge in [0.2, 0.25) is 0 Å². The maximum atomic E-state index is 6.01. The van der Waals surface area contributed by atoms with Crippen LogP contribution in [0.4, 0.5) is 11.4 Å². The van der Waals surface area contributed by atoms with Crippen molar-refractivity contribution in [1.82, 2.24) is 4.98 Å². The number of aromatic nitrogens is 1. The molecule has 3 rings (SSSR count). The average molecular weight is 277 g/mol. The summed E-state index contributed by atoms with van der Waals surface area (Å²) in [5, 5.41) is 4.68. The van der Waals surface area contributed by atoms with Crippen molar-refractivity contribution in [3.05, 3.63) is 66.4 Å². The molecular weight excluding hydrogens is 258 g/mol. The average Bonchev–Trinajstić information content (AvgIpc) is 2.55. The summed E-state index contributed by atoms with van der Waals surface area (Å²) in [6, 6.07) is 18.7. The number of pyridine rings is 1. The van der Waals surface area contributed by atoms with E-state index in [1.54, 1.807) is 6.20 Å². The molecule has 0 saturated heterocycles. The van der Waals surface area contributed by atoms with Gasteiger partial charge in [0, 0.05) is 17.3 Å². The van der Waals surface area contributed by atoms with Gasteiger partial charge in [0.1, 0.15) is 0 Å². The van der Waals surface area contributed by atoms with E-state index in [0.29, 0.717) is 5.69 Å². The number of nitrogens with two attached hydrogens (primary N) is 1. The van der Waals surface area contributed by atoms with E-state index >= 15 is 0 Å². The van der Waals surface area contributed by atoms with Crippen LogP contribution in [0, 0.1) is 0 Å². The molecule has 1 unspecified atom stereocenters. The Morgan fingerprint density at radius 3 is 2.62 bits per heavy atom. The molecule has 0 spiro atoms. The lowest BCUT2D eigenvalue weighted by Crippen LogP contribution is -2.10. The van der Waals surface area contributed by atoms with Gasteiger partial charge in [-0.05, 0) is 36.2 Å². The van der Waals surface area contributed by atoms with E-state index < -0.39 is 0 Å². The van der Waals surface area contributed by atoms with Crippen molar-refractivity contribution in [1.29, 1.82) is 0 Å². The zero-order valence-corrected chi connectivity index (χ0v) is 12.1. The van der Waals surface area contributed by atoms with Crippen LogP contribution in [-0.2, 0) is 0 Å². The van der Waals surface area contributed by atoms with E-state index in [1.165, 1.54) is 5.56 Å². The number of nitrogens with zero attached hydrogens (tertiary/aromatic N) is 1. The summed E-state index contributed by atoms with van der Waals surface area (Å²) < 4.78 is 0. The van der Waals surface area contributed by atoms with E-state index in [2.05, 4.69) is 47.6 Å². The molecule has 3 N–H and O–H groups in total. The molecule has 0 fully saturated rings. The molecule has 0 bridgehead atoms. The quantitative estimate of drug-likeness (QED) is 0.696. The molecule has 1 atom stereocenters. The van der Waals surface area contributed by atoms with Crippen molar-refractivity contribution in [2.75, 3.05) is 11.1 Å². The Morgan fingerprint density at radius 1 is 1.05 bits per heavy atom. The van der Waals surface area contributed by atoms with Gasteiger partial charge in [0.15, 0.2) is 0 Å². The zero-order valence-electron chi connectivity index (χ0n) is 12.1. The molecule has 0 aliphatic carbocycles. The fourth-order valence-corrected chi connectivity index (χ4v) is 2.61. The van der Waals surface area contributed by atoms with Gasteiger partial charge in [-0.25, -0.2) is 0 Å². The summed E-state index contributed by atoms with van der Waals surface area (Å²) in [5.41, 5.74) is 9.93. The van der Waals surface area contributed by atoms with E-state index in [9.17, 15) is 0 Å². The fraction of sp³-hybridized carbons (Fsp3) is 0.167. The lowest BCUT2D eigenvalue weighted by Gasteiger charge is -2.20. The fourth-order valence-electron chi connectivity index (χ4n) is 2.61. The first-order valence-electron chi connectivity index (χ1n) is 7.24. The first-order chi connectivity index (χ1) is 10.3. The smallest absolute Gasteiger partial charge is 0.0951 e. The largest absolute Gasteiger partial charge is 0.397 e. The van der Waals surface area contributed by atoms with Crippen molar-refractivity contribution in [2.24, 2.45) is 0 Å². The summed E-state index contributed by atoms with van der Waals surface area (Å²) in [5.74, 6) is 0. The molecule has 0 aliphatic rings. The highest BCUT2D eigenvalue weighted by atomic mass is 14.9. The third-order valence-corrected chi connectivity index (χ3v) is 3.74. The van der Waals surface area contributed by atoms with Crippen LogP contribution >= 0.6 is 0 Å². The predicted molar refractivity (Wildman–Crippen MR) is 89.3 cm³/mol. The van der Waals surface area contributed by atoms with Gasteiger partial charge in [0.05, 0.1) is 17.2 Å². The third-order valence-electron chi connectivity index (χ3n) is 3.74. The molecule has 3 aromatic rings. The molecule has 1 heterocycles. The van der Waals surface area contributed by atoms with E-state index in [0.717, 1.165) is 23.0 Å². The second-order valence-electron chi connectivity index (χ2n) is 5.12. The Labute approximate surface area is 124 Å². The third kappa shape index (κ3) is 2.68. The van der Waals surface area contributed by atoms with Crippen molar-refractivity contribution in [2.45, 2.75) is 19.4 Å². The van der Waals surface area contributed by atoms with Gasteiger partial charge in [-0.1, -0.05) is 37.3 Å². The van der Waals surface area contributed by atoms with Gasteiger partial charge in [-0.3, -0.25) is 4.98 Å². The summed E-state index contributed by atoms with van der Waals surface area (Å²) in [6.45, 7) is 2.18. The van der Waals surface area contributed by atoms with Crippen molar-refractivity contribution in [3.63, 3.8) is 0 Å². The van der Waals surface area contributed by atoms with E-state index in [4.69, 9.17) is 5.73 Å². The number of fused-ring (bicyclic) bond motifs is 1. The Hall–Kier alpha value is -2.55. The highest BCUT2D eigenvalue weighted by Crippen LogP contribution is 2.30. The van der Waals surface area contributed by atoms with Crippen LogP contribution in [0.3, 0.4) is 0 Å². The van der Waals surface area contributed by atoms with E-state index in [-0.39, 0.29) is 6.04 Å². The molecule has 0 saturated carbocycles. The monoisotopic (exact) mass is 277 g/mol. The molecule has 21 heavy (non-hydrogen) atoms. The maximum Gasteiger partial charge on any atom is 0.0951 e. The van der Waals surface area contributed by atoms with Gasteiger partial charge >= 0.3 is 0 Å². The molecular formula is C18H19N3. The minimum atomic E-state index is 0.276. The van der Waals surface area contributed by atoms with Crippen LogP contribution in [0.2, 0.25) is 0 Å². The number of rotatable bonds is 4. The van der Waals surface area contributed by atoms with Gasteiger partial charge < -0.3 is 11.1 Å². The number of nitrogens with one attached hydrogen (secondary N) is 1. The molecule has 0 amide bonds. The highest BCUT2D eigenvalue weighted by molar-refractivity contribution is 5.98. The predicted octanol–water partition coefficient (Wildman–Crippen LogP) is 4.38. The Kier molecular flexibility index (Phi) is 3.73. The van der Waals surface area contributed by atoms with Crippen molar-refractivity contribution < 1.29 is 0 Å². The minimum Gasteiger partial charge on any atom is -0.397 e. The van der Waals surface area contributed by atoms with Gasteiger partial charge in [-0.15, -0.1) is 0 Å². The number of benzene rings is 2. The lowest BCUT2D eigenvalue weighted by atomic mass is 10.0. The first-order valence-corrected chi connectivity index (χ1v) is 7.24. The second-order valence-corrected chi connectivity index (χ2v) is 5.12. The van der Waals surface area contributed by atoms with Crippen LogP contribution in [0.15, 0.2) is 60.8 Å². The zero-order chi connectivity index (χ0) is 14.7. The number of hydrogen-bond acceptors (Lipinski definition) is 3.